The molecule has 2 aromatic heterocycles. The largest absolute Gasteiger partial charge is 0.477 e. The Kier molecular flexibility index (Phi) is 7.08. The molecule has 2 aromatic rings. The van der Waals surface area contributed by atoms with E-state index in [1.165, 1.54) is 0 Å². The lowest BCUT2D eigenvalue weighted by molar-refractivity contribution is -0.141. The van der Waals surface area contributed by atoms with Crippen LogP contribution < -0.4 is 10.2 Å². The summed E-state index contributed by atoms with van der Waals surface area (Å²) in [4.78, 5) is 36.2. The molecule has 9 nitrogen and oxygen atoms in total. The molecule has 0 saturated carbocycles. The number of thiazole rings is 1. The quantitative estimate of drug-likeness (QED) is 0.563. The van der Waals surface area contributed by atoms with E-state index in [-0.39, 0.29) is 17.0 Å². The Morgan fingerprint density at radius 3 is 2.59 bits per heavy atom. The topological polar surface area (TPSA) is 120 Å². The molecule has 0 aliphatic carbocycles. The lowest BCUT2D eigenvalue weighted by atomic mass is 10.0. The highest BCUT2D eigenvalue weighted by Crippen LogP contribution is 2.31. The molecule has 0 unspecified atom stereocenters. The molecule has 1 aliphatic rings. The number of piperidine rings is 1. The molecular weight excluding hydrogens is 451 g/mol. The molecule has 0 radical (unpaired) electrons. The zero-order valence-electron chi connectivity index (χ0n) is 17.7. The third-order valence-corrected chi connectivity index (χ3v) is 6.33. The highest BCUT2D eigenvalue weighted by molar-refractivity contribution is 7.17. The van der Waals surface area contributed by atoms with Crippen LogP contribution in [0.3, 0.4) is 0 Å². The summed E-state index contributed by atoms with van der Waals surface area (Å²) in [7, 11) is 0. The van der Waals surface area contributed by atoms with E-state index < -0.39 is 41.7 Å². The number of halogens is 3. The third kappa shape index (κ3) is 5.04. The lowest BCUT2D eigenvalue weighted by Gasteiger charge is -2.38. The van der Waals surface area contributed by atoms with Gasteiger partial charge in [-0.1, -0.05) is 18.3 Å². The monoisotopic (exact) mass is 475 g/mol. The number of rotatable bonds is 7. The average Bonchev–Trinajstić information content (AvgIpc) is 3.33. The van der Waals surface area contributed by atoms with Gasteiger partial charge < -0.3 is 25.0 Å². The molecule has 32 heavy (non-hydrogen) atoms. The summed E-state index contributed by atoms with van der Waals surface area (Å²) in [5.74, 6) is -2.18. The van der Waals surface area contributed by atoms with Crippen molar-refractivity contribution in [3.05, 3.63) is 27.8 Å². The maximum absolute atomic E-state index is 13.1. The number of alkyl halides is 3. The number of aryl methyl sites for hydroxylation is 2. The predicted octanol–water partition coefficient (Wildman–Crippen LogP) is 2.87. The SMILES string of the molecule is CCO[C@H]1CN(c2nc(C)c(C(=O)O)s2)CC[C@H]1NC(=O)c1nc(C(F)(F)F)c(CC)[nH]1. The minimum atomic E-state index is -4.65. The Morgan fingerprint density at radius 1 is 1.34 bits per heavy atom. The smallest absolute Gasteiger partial charge is 0.435 e. The Morgan fingerprint density at radius 2 is 2.06 bits per heavy atom. The van der Waals surface area contributed by atoms with Crippen molar-refractivity contribution in [2.45, 2.75) is 51.9 Å². The van der Waals surface area contributed by atoms with Gasteiger partial charge in [0.1, 0.15) is 4.88 Å². The number of carbonyl (C=O) groups excluding carboxylic acids is 1. The molecule has 0 bridgehead atoms. The van der Waals surface area contributed by atoms with Crippen LogP contribution in [0, 0.1) is 6.92 Å². The summed E-state index contributed by atoms with van der Waals surface area (Å²) in [5.41, 5.74) is -0.812. The fourth-order valence-electron chi connectivity index (χ4n) is 3.60. The molecule has 0 spiro atoms. The second kappa shape index (κ2) is 9.45. The number of nitrogens with one attached hydrogen (secondary N) is 2. The standard InChI is InChI=1S/C19H24F3N5O4S/c1-4-10-14(19(20,21)22)26-15(24-10)16(28)25-11-6-7-27(8-12(11)31-5-2)18-23-9(3)13(32-18)17(29)30/h11-12H,4-8H2,1-3H3,(H,24,26)(H,25,28)(H,29,30)/t11-,12+/m1/s1. The number of amides is 1. The molecule has 1 fully saturated rings. The van der Waals surface area contributed by atoms with Gasteiger partial charge in [-0.25, -0.2) is 14.8 Å². The molecule has 3 rings (SSSR count). The minimum Gasteiger partial charge on any atom is -0.477 e. The van der Waals surface area contributed by atoms with E-state index in [0.29, 0.717) is 36.9 Å². The average molecular weight is 475 g/mol. The number of nitrogens with zero attached hydrogens (tertiary/aromatic N) is 3. The van der Waals surface area contributed by atoms with Crippen molar-refractivity contribution < 1.29 is 32.6 Å². The van der Waals surface area contributed by atoms with Gasteiger partial charge in [-0.3, -0.25) is 4.79 Å². The van der Waals surface area contributed by atoms with Gasteiger partial charge in [-0.2, -0.15) is 13.2 Å². The van der Waals surface area contributed by atoms with Crippen LogP contribution >= 0.6 is 11.3 Å². The molecule has 176 valence electrons. The van der Waals surface area contributed by atoms with Crippen molar-refractivity contribution in [3.8, 4) is 0 Å². The molecule has 1 saturated heterocycles. The molecule has 3 heterocycles. The number of aromatic amines is 1. The molecule has 3 N–H and O–H groups in total. The van der Waals surface area contributed by atoms with E-state index in [9.17, 15) is 27.9 Å². The first-order valence-corrected chi connectivity index (χ1v) is 10.9. The van der Waals surface area contributed by atoms with Gasteiger partial charge in [0.2, 0.25) is 0 Å². The summed E-state index contributed by atoms with van der Waals surface area (Å²) < 4.78 is 45.2. The van der Waals surface area contributed by atoms with Crippen LogP contribution in [0.25, 0.3) is 0 Å². The van der Waals surface area contributed by atoms with Gasteiger partial charge >= 0.3 is 12.1 Å². The summed E-state index contributed by atoms with van der Waals surface area (Å²) in [6, 6.07) is -0.455. The van der Waals surface area contributed by atoms with Crippen LogP contribution in [-0.2, 0) is 17.3 Å². The van der Waals surface area contributed by atoms with Gasteiger partial charge in [0, 0.05) is 25.4 Å². The van der Waals surface area contributed by atoms with Crippen LogP contribution in [0.5, 0.6) is 0 Å². The molecule has 1 amide bonds. The fraction of sp³-hybridized carbons (Fsp3) is 0.579. The van der Waals surface area contributed by atoms with Crippen molar-refractivity contribution in [1.82, 2.24) is 20.3 Å². The highest BCUT2D eigenvalue weighted by atomic mass is 32.1. The number of ether oxygens (including phenoxy) is 1. The van der Waals surface area contributed by atoms with Crippen LogP contribution in [-0.4, -0.2) is 63.8 Å². The molecule has 13 heteroatoms. The summed E-state index contributed by atoms with van der Waals surface area (Å²) in [6.45, 7) is 6.13. The van der Waals surface area contributed by atoms with Gasteiger partial charge in [0.05, 0.1) is 17.8 Å². The number of hydrogen-bond acceptors (Lipinski definition) is 7. The number of imidazole rings is 1. The van der Waals surface area contributed by atoms with E-state index >= 15 is 0 Å². The minimum absolute atomic E-state index is 0.0562. The first-order chi connectivity index (χ1) is 15.0. The van der Waals surface area contributed by atoms with E-state index in [2.05, 4.69) is 20.3 Å². The Balaban J connectivity index is 1.74. The van der Waals surface area contributed by atoms with Crippen molar-refractivity contribution in [3.63, 3.8) is 0 Å². The van der Waals surface area contributed by atoms with Crippen LogP contribution in [0.2, 0.25) is 0 Å². The highest BCUT2D eigenvalue weighted by Gasteiger charge is 2.38. The number of carboxylic acids is 1. The molecular formula is C19H24F3N5O4S. The molecule has 0 aromatic carbocycles. The summed E-state index contributed by atoms with van der Waals surface area (Å²) >= 11 is 1.07. The van der Waals surface area contributed by atoms with Gasteiger partial charge in [0.25, 0.3) is 5.91 Å². The number of aromatic carboxylic acids is 1. The van der Waals surface area contributed by atoms with E-state index in [1.54, 1.807) is 20.8 Å². The maximum atomic E-state index is 13.1. The van der Waals surface area contributed by atoms with Crippen LogP contribution in [0.4, 0.5) is 18.3 Å². The van der Waals surface area contributed by atoms with Crippen molar-refractivity contribution in [2.24, 2.45) is 0 Å². The normalized spacial score (nSPS) is 19.2. The van der Waals surface area contributed by atoms with Crippen LogP contribution in [0.1, 0.15) is 57.6 Å². The molecule has 1 aliphatic heterocycles. The number of carboxylic acid groups (broad SMARTS) is 1. The van der Waals surface area contributed by atoms with E-state index in [1.807, 2.05) is 4.90 Å². The van der Waals surface area contributed by atoms with Crippen molar-refractivity contribution >= 4 is 28.3 Å². The number of anilines is 1. The van der Waals surface area contributed by atoms with Crippen LogP contribution in [0.15, 0.2) is 0 Å². The lowest BCUT2D eigenvalue weighted by Crippen LogP contribution is -2.55. The third-order valence-electron chi connectivity index (χ3n) is 5.12. The number of H-pyrrole nitrogens is 1. The van der Waals surface area contributed by atoms with Gasteiger partial charge in [-0.15, -0.1) is 0 Å². The number of hydrogen-bond donors (Lipinski definition) is 3. The summed E-state index contributed by atoms with van der Waals surface area (Å²) in [5, 5.41) is 12.5. The van der Waals surface area contributed by atoms with Crippen molar-refractivity contribution in [2.75, 3.05) is 24.6 Å². The Hall–Kier alpha value is -2.67. The predicted molar refractivity (Wildman–Crippen MR) is 110 cm³/mol. The van der Waals surface area contributed by atoms with Gasteiger partial charge in [-0.05, 0) is 26.7 Å². The number of aromatic nitrogens is 3. The Labute approximate surface area is 186 Å². The zero-order chi connectivity index (χ0) is 23.6. The fourth-order valence-corrected chi connectivity index (χ4v) is 4.54. The molecule has 2 atom stereocenters. The maximum Gasteiger partial charge on any atom is 0.435 e. The first-order valence-electron chi connectivity index (χ1n) is 10.1. The number of carbonyl (C=O) groups is 2. The van der Waals surface area contributed by atoms with Crippen molar-refractivity contribution in [1.29, 1.82) is 0 Å². The van der Waals surface area contributed by atoms with E-state index in [4.69, 9.17) is 4.74 Å². The Bertz CT molecular complexity index is 990. The van der Waals surface area contributed by atoms with Gasteiger partial charge in [0.15, 0.2) is 16.6 Å². The zero-order valence-corrected chi connectivity index (χ0v) is 18.6. The summed E-state index contributed by atoms with van der Waals surface area (Å²) in [6.07, 6.45) is -4.62. The first kappa shape index (κ1) is 24.0. The second-order valence-corrected chi connectivity index (χ2v) is 8.27. The van der Waals surface area contributed by atoms with E-state index in [0.717, 1.165) is 11.3 Å². The second-order valence-electron chi connectivity index (χ2n) is 7.29.